The molecule has 0 amide bonds. The summed E-state index contributed by atoms with van der Waals surface area (Å²) in [6, 6.07) is 13.8. The maximum Gasteiger partial charge on any atom is 0.0449 e. The lowest BCUT2D eigenvalue weighted by Gasteiger charge is -2.38. The van der Waals surface area contributed by atoms with Crippen LogP contribution in [0.2, 0.25) is 0 Å². The van der Waals surface area contributed by atoms with Gasteiger partial charge in [-0.15, -0.1) is 0 Å². The molecule has 162 valence electrons. The molecule has 2 nitrogen and oxygen atoms in total. The molecule has 4 rings (SSSR count). The Morgan fingerprint density at radius 3 is 2.43 bits per heavy atom. The van der Waals surface area contributed by atoms with Crippen molar-refractivity contribution in [1.29, 1.82) is 0 Å². The summed E-state index contributed by atoms with van der Waals surface area (Å²) >= 11 is 0. The number of anilines is 1. The third-order valence-corrected chi connectivity index (χ3v) is 7.25. The van der Waals surface area contributed by atoms with E-state index >= 15 is 0 Å². The summed E-state index contributed by atoms with van der Waals surface area (Å²) in [7, 11) is 0. The molecule has 1 aliphatic heterocycles. The summed E-state index contributed by atoms with van der Waals surface area (Å²) in [5, 5.41) is 2.83. The van der Waals surface area contributed by atoms with Gasteiger partial charge in [0.1, 0.15) is 0 Å². The Kier molecular flexibility index (Phi) is 7.49. The number of benzene rings is 2. The zero-order valence-electron chi connectivity index (χ0n) is 19.2. The number of unbranched alkanes of at least 4 members (excludes halogenated alkanes) is 2. The normalized spacial score (nSPS) is 20.5. The van der Waals surface area contributed by atoms with E-state index < -0.39 is 0 Å². The van der Waals surface area contributed by atoms with Gasteiger partial charge < -0.3 is 4.90 Å². The average Bonchev–Trinajstić information content (AvgIpc) is 2.81. The fraction of sp³-hybridized carbons (Fsp3) is 0.571. The number of allylic oxidation sites excluding steroid dienone is 2. The van der Waals surface area contributed by atoms with Gasteiger partial charge in [-0.05, 0) is 60.6 Å². The first-order valence-electron chi connectivity index (χ1n) is 12.5. The summed E-state index contributed by atoms with van der Waals surface area (Å²) in [6.45, 7) is 10.6. The van der Waals surface area contributed by atoms with Crippen LogP contribution >= 0.6 is 0 Å². The number of hydrogen-bond donors (Lipinski definition) is 0. The summed E-state index contributed by atoms with van der Waals surface area (Å²) in [6.07, 6.45) is 13.2. The zero-order chi connectivity index (χ0) is 20.8. The third kappa shape index (κ3) is 4.91. The van der Waals surface area contributed by atoms with Crippen molar-refractivity contribution in [2.75, 3.05) is 37.6 Å². The predicted molar refractivity (Wildman–Crippen MR) is 132 cm³/mol. The molecule has 0 radical (unpaired) electrons. The zero-order valence-corrected chi connectivity index (χ0v) is 19.2. The van der Waals surface area contributed by atoms with Crippen molar-refractivity contribution in [2.24, 2.45) is 5.92 Å². The van der Waals surface area contributed by atoms with Crippen LogP contribution in [0.1, 0.15) is 70.8 Å². The lowest BCUT2D eigenvalue weighted by Crippen LogP contribution is -2.46. The van der Waals surface area contributed by atoms with Crippen LogP contribution in [0, 0.1) is 5.92 Å². The van der Waals surface area contributed by atoms with Crippen molar-refractivity contribution >= 4 is 22.0 Å². The summed E-state index contributed by atoms with van der Waals surface area (Å²) in [5.74, 6) is 0.897. The number of piperazine rings is 1. The first-order valence-corrected chi connectivity index (χ1v) is 12.5. The fourth-order valence-electron chi connectivity index (χ4n) is 5.33. The second-order valence-electron chi connectivity index (χ2n) is 9.38. The number of nitrogens with zero attached hydrogens (tertiary/aromatic N) is 2. The summed E-state index contributed by atoms with van der Waals surface area (Å²) in [4.78, 5) is 5.31. The highest BCUT2D eigenvalue weighted by Gasteiger charge is 2.23. The van der Waals surface area contributed by atoms with Crippen molar-refractivity contribution in [3.8, 4) is 0 Å². The first-order chi connectivity index (χ1) is 14.8. The van der Waals surface area contributed by atoms with Crippen LogP contribution in [-0.2, 0) is 0 Å². The minimum atomic E-state index is 0.897. The third-order valence-electron chi connectivity index (χ3n) is 7.25. The molecule has 0 spiro atoms. The fourth-order valence-corrected chi connectivity index (χ4v) is 5.33. The van der Waals surface area contributed by atoms with Crippen LogP contribution in [0.25, 0.3) is 16.3 Å². The van der Waals surface area contributed by atoms with Crippen molar-refractivity contribution in [3.05, 3.63) is 48.0 Å². The van der Waals surface area contributed by atoms with E-state index in [1.807, 2.05) is 0 Å². The van der Waals surface area contributed by atoms with Gasteiger partial charge in [-0.25, -0.2) is 0 Å². The Balaban J connectivity index is 1.59. The highest BCUT2D eigenvalue weighted by Crippen LogP contribution is 2.41. The Morgan fingerprint density at radius 1 is 0.900 bits per heavy atom. The van der Waals surface area contributed by atoms with Crippen LogP contribution < -0.4 is 4.90 Å². The van der Waals surface area contributed by atoms with Crippen molar-refractivity contribution in [1.82, 2.24) is 4.90 Å². The number of hydrogen-bond acceptors (Lipinski definition) is 2. The molecule has 2 aliphatic rings. The van der Waals surface area contributed by atoms with E-state index in [1.165, 1.54) is 93.0 Å². The van der Waals surface area contributed by atoms with Crippen molar-refractivity contribution in [3.63, 3.8) is 0 Å². The summed E-state index contributed by atoms with van der Waals surface area (Å²) in [5.41, 5.74) is 4.61. The molecule has 1 fully saturated rings. The molecule has 1 heterocycles. The van der Waals surface area contributed by atoms with Gasteiger partial charge in [0.15, 0.2) is 0 Å². The van der Waals surface area contributed by atoms with E-state index in [0.29, 0.717) is 0 Å². The highest BCUT2D eigenvalue weighted by atomic mass is 15.3. The van der Waals surface area contributed by atoms with E-state index in [4.69, 9.17) is 0 Å². The topological polar surface area (TPSA) is 6.48 Å². The molecule has 2 aromatic rings. The molecule has 1 unspecified atom stereocenters. The smallest absolute Gasteiger partial charge is 0.0449 e. The van der Waals surface area contributed by atoms with Crippen LogP contribution in [-0.4, -0.2) is 37.6 Å². The molecule has 0 saturated carbocycles. The first kappa shape index (κ1) is 21.4. The van der Waals surface area contributed by atoms with E-state index in [9.17, 15) is 0 Å². The van der Waals surface area contributed by atoms with Crippen molar-refractivity contribution < 1.29 is 0 Å². The molecule has 1 saturated heterocycles. The van der Waals surface area contributed by atoms with Crippen molar-refractivity contribution in [2.45, 2.75) is 65.2 Å². The molecule has 2 aromatic carbocycles. The Morgan fingerprint density at radius 2 is 1.70 bits per heavy atom. The van der Waals surface area contributed by atoms with Gasteiger partial charge >= 0.3 is 0 Å². The maximum absolute atomic E-state index is 2.66. The second-order valence-corrected chi connectivity index (χ2v) is 9.38. The van der Waals surface area contributed by atoms with Crippen LogP contribution in [0.3, 0.4) is 0 Å². The predicted octanol–water partition coefficient (Wildman–Crippen LogP) is 7.14. The second kappa shape index (κ2) is 10.5. The Labute approximate surface area is 184 Å². The van der Waals surface area contributed by atoms with Crippen LogP contribution in [0.4, 0.5) is 5.69 Å². The summed E-state index contributed by atoms with van der Waals surface area (Å²) < 4.78 is 0. The quantitative estimate of drug-likeness (QED) is 0.461. The SMILES string of the molecule is CCCCC1CC=C(c2c(N3CCN(CCCC)CC3)ccc3ccccc23)CC1. The average molecular weight is 405 g/mol. The van der Waals surface area contributed by atoms with Gasteiger partial charge in [-0.3, -0.25) is 4.90 Å². The molecule has 0 aromatic heterocycles. The van der Waals surface area contributed by atoms with Gasteiger partial charge in [0.25, 0.3) is 0 Å². The highest BCUT2D eigenvalue weighted by molar-refractivity contribution is 5.99. The molecule has 0 N–H and O–H groups in total. The van der Waals surface area contributed by atoms with E-state index in [0.717, 1.165) is 19.0 Å². The monoisotopic (exact) mass is 404 g/mol. The Hall–Kier alpha value is -1.80. The van der Waals surface area contributed by atoms with Crippen LogP contribution in [0.15, 0.2) is 42.5 Å². The van der Waals surface area contributed by atoms with Gasteiger partial charge in [0.2, 0.25) is 0 Å². The largest absolute Gasteiger partial charge is 0.368 e. The van der Waals surface area contributed by atoms with E-state index in [-0.39, 0.29) is 0 Å². The molecule has 0 bridgehead atoms. The van der Waals surface area contributed by atoms with E-state index in [2.05, 4.69) is 66.1 Å². The molecular weight excluding hydrogens is 364 g/mol. The number of rotatable bonds is 8. The lowest BCUT2D eigenvalue weighted by molar-refractivity contribution is 0.254. The van der Waals surface area contributed by atoms with Gasteiger partial charge in [-0.2, -0.15) is 0 Å². The lowest BCUT2D eigenvalue weighted by atomic mass is 9.82. The molecule has 30 heavy (non-hydrogen) atoms. The molecular formula is C28H40N2. The standard InChI is InChI=1S/C28H40N2/c1-3-5-9-23-12-14-25(15-13-23)28-26-11-8-7-10-24(26)16-17-27(28)30-21-19-29(20-22-30)18-6-4-2/h7-8,10-11,14,16-17,23H,3-6,9,12-13,15,18-22H2,1-2H3. The van der Waals surface area contributed by atoms with Gasteiger partial charge in [0.05, 0.1) is 0 Å². The Bertz CT molecular complexity index is 845. The maximum atomic E-state index is 2.66. The molecule has 1 atom stereocenters. The van der Waals surface area contributed by atoms with E-state index in [1.54, 1.807) is 5.57 Å². The molecule has 1 aliphatic carbocycles. The van der Waals surface area contributed by atoms with Gasteiger partial charge in [-0.1, -0.05) is 75.9 Å². The minimum Gasteiger partial charge on any atom is -0.368 e. The molecule has 2 heteroatoms. The van der Waals surface area contributed by atoms with Crippen LogP contribution in [0.5, 0.6) is 0 Å². The number of fused-ring (bicyclic) bond motifs is 1. The minimum absolute atomic E-state index is 0.897. The van der Waals surface area contributed by atoms with Gasteiger partial charge in [0, 0.05) is 37.4 Å².